The molecule has 0 spiro atoms. The van der Waals surface area contributed by atoms with Crippen LogP contribution in [0.25, 0.3) is 0 Å². The summed E-state index contributed by atoms with van der Waals surface area (Å²) in [6.07, 6.45) is 1.23. The van der Waals surface area contributed by atoms with Crippen molar-refractivity contribution in [1.82, 2.24) is 4.90 Å². The normalized spacial score (nSPS) is 24.0. The van der Waals surface area contributed by atoms with Crippen LogP contribution in [0.3, 0.4) is 0 Å². The van der Waals surface area contributed by atoms with E-state index in [0.717, 1.165) is 19.6 Å². The fourth-order valence-corrected chi connectivity index (χ4v) is 2.75. The molecule has 0 amide bonds. The maximum absolute atomic E-state index is 5.86. The van der Waals surface area contributed by atoms with E-state index < -0.39 is 0 Å². The van der Waals surface area contributed by atoms with Crippen LogP contribution in [-0.4, -0.2) is 24.5 Å². The van der Waals surface area contributed by atoms with Crippen molar-refractivity contribution in [2.75, 3.05) is 19.6 Å². The summed E-state index contributed by atoms with van der Waals surface area (Å²) in [5.41, 5.74) is 10.5. The first-order valence-corrected chi connectivity index (χ1v) is 6.52. The Hall–Kier alpha value is -0.570. The summed E-state index contributed by atoms with van der Waals surface area (Å²) < 4.78 is 0. The lowest BCUT2D eigenvalue weighted by Gasteiger charge is -2.23. The first-order chi connectivity index (χ1) is 8.04. The van der Waals surface area contributed by atoms with Crippen molar-refractivity contribution >= 4 is 12.4 Å². The zero-order valence-electron chi connectivity index (χ0n) is 11.7. The third-order valence-electron chi connectivity index (χ3n) is 4.16. The first kappa shape index (κ1) is 15.5. The topological polar surface area (TPSA) is 29.3 Å². The van der Waals surface area contributed by atoms with Gasteiger partial charge in [0.25, 0.3) is 0 Å². The van der Waals surface area contributed by atoms with Gasteiger partial charge in [-0.1, -0.05) is 25.1 Å². The molecule has 3 heteroatoms. The van der Waals surface area contributed by atoms with Gasteiger partial charge in [0, 0.05) is 13.1 Å². The van der Waals surface area contributed by atoms with Crippen molar-refractivity contribution in [3.8, 4) is 0 Å². The quantitative estimate of drug-likeness (QED) is 0.913. The Morgan fingerprint density at radius 1 is 1.28 bits per heavy atom. The first-order valence-electron chi connectivity index (χ1n) is 6.52. The van der Waals surface area contributed by atoms with Crippen molar-refractivity contribution in [2.24, 2.45) is 11.1 Å². The van der Waals surface area contributed by atoms with Crippen LogP contribution in [-0.2, 0) is 6.54 Å². The highest BCUT2D eigenvalue weighted by Gasteiger charge is 2.32. The Morgan fingerprint density at radius 3 is 2.39 bits per heavy atom. The molecule has 0 saturated carbocycles. The van der Waals surface area contributed by atoms with E-state index in [0.29, 0.717) is 5.41 Å². The minimum atomic E-state index is 0. The predicted octanol–water partition coefficient (Wildman–Crippen LogP) is 2.90. The number of nitrogens with two attached hydrogens (primary N) is 1. The number of benzene rings is 1. The van der Waals surface area contributed by atoms with Gasteiger partial charge < -0.3 is 5.73 Å². The summed E-state index contributed by atoms with van der Waals surface area (Å²) in [6.45, 7) is 10.9. The number of aryl methyl sites for hydroxylation is 2. The van der Waals surface area contributed by atoms with Gasteiger partial charge in [0.15, 0.2) is 0 Å². The minimum Gasteiger partial charge on any atom is -0.330 e. The summed E-state index contributed by atoms with van der Waals surface area (Å²) in [5.74, 6) is 0. The van der Waals surface area contributed by atoms with Gasteiger partial charge in [-0.3, -0.25) is 4.90 Å². The lowest BCUT2D eigenvalue weighted by Crippen LogP contribution is -2.31. The number of hydrogen-bond donors (Lipinski definition) is 1. The third kappa shape index (κ3) is 3.25. The van der Waals surface area contributed by atoms with Crippen LogP contribution in [0.1, 0.15) is 30.0 Å². The summed E-state index contributed by atoms with van der Waals surface area (Å²) in [7, 11) is 0. The second-order valence-corrected chi connectivity index (χ2v) is 5.85. The molecular weight excluding hydrogens is 244 g/mol. The van der Waals surface area contributed by atoms with Crippen LogP contribution in [0.2, 0.25) is 0 Å². The maximum atomic E-state index is 5.86. The van der Waals surface area contributed by atoms with Crippen molar-refractivity contribution in [3.63, 3.8) is 0 Å². The van der Waals surface area contributed by atoms with Crippen LogP contribution in [0.4, 0.5) is 0 Å². The summed E-state index contributed by atoms with van der Waals surface area (Å²) in [5, 5.41) is 0. The number of halogens is 1. The van der Waals surface area contributed by atoms with Gasteiger partial charge >= 0.3 is 0 Å². The molecule has 1 unspecified atom stereocenters. The van der Waals surface area contributed by atoms with Gasteiger partial charge in [0.05, 0.1) is 0 Å². The molecule has 2 N–H and O–H groups in total. The molecule has 1 fully saturated rings. The molecule has 2 nitrogen and oxygen atoms in total. The second kappa shape index (κ2) is 6.05. The molecule has 1 aromatic carbocycles. The summed E-state index contributed by atoms with van der Waals surface area (Å²) >= 11 is 0. The largest absolute Gasteiger partial charge is 0.330 e. The third-order valence-corrected chi connectivity index (χ3v) is 4.16. The molecule has 2 rings (SSSR count). The zero-order chi connectivity index (χ0) is 12.5. The molecule has 0 aromatic heterocycles. The molecule has 102 valence electrons. The Balaban J connectivity index is 0.00000162. The highest BCUT2D eigenvalue weighted by molar-refractivity contribution is 5.85. The van der Waals surface area contributed by atoms with E-state index in [1.54, 1.807) is 0 Å². The molecule has 18 heavy (non-hydrogen) atoms. The number of likely N-dealkylation sites (tertiary alicyclic amines) is 1. The number of nitrogens with zero attached hydrogens (tertiary/aromatic N) is 1. The van der Waals surface area contributed by atoms with Gasteiger partial charge in [0.1, 0.15) is 0 Å². The van der Waals surface area contributed by atoms with E-state index in [2.05, 4.69) is 43.9 Å². The fourth-order valence-electron chi connectivity index (χ4n) is 2.75. The standard InChI is InChI=1S/C15H24N2.ClH/c1-12-5-4-6-13(2)14(12)9-17-8-7-15(3,10-16)11-17;/h4-6H,7-11,16H2,1-3H3;1H. The second-order valence-electron chi connectivity index (χ2n) is 5.85. The van der Waals surface area contributed by atoms with Crippen LogP contribution in [0.15, 0.2) is 18.2 Å². The van der Waals surface area contributed by atoms with E-state index in [-0.39, 0.29) is 12.4 Å². The molecule has 1 saturated heterocycles. The lowest BCUT2D eigenvalue weighted by atomic mass is 9.90. The Labute approximate surface area is 117 Å². The molecule has 1 aromatic rings. The highest BCUT2D eigenvalue weighted by atomic mass is 35.5. The fraction of sp³-hybridized carbons (Fsp3) is 0.600. The zero-order valence-corrected chi connectivity index (χ0v) is 12.5. The van der Waals surface area contributed by atoms with Gasteiger partial charge in [-0.2, -0.15) is 0 Å². The van der Waals surface area contributed by atoms with Crippen molar-refractivity contribution < 1.29 is 0 Å². The van der Waals surface area contributed by atoms with E-state index in [9.17, 15) is 0 Å². The van der Waals surface area contributed by atoms with E-state index >= 15 is 0 Å². The highest BCUT2D eigenvalue weighted by Crippen LogP contribution is 2.30. The van der Waals surface area contributed by atoms with E-state index in [1.807, 2.05) is 0 Å². The lowest BCUT2D eigenvalue weighted by molar-refractivity contribution is 0.273. The smallest absolute Gasteiger partial charge is 0.0239 e. The SMILES string of the molecule is Cc1cccc(C)c1CN1CCC(C)(CN)C1.Cl. The molecule has 0 aliphatic carbocycles. The molecule has 1 aliphatic heterocycles. The van der Waals surface area contributed by atoms with Gasteiger partial charge in [-0.15, -0.1) is 12.4 Å². The molecule has 1 heterocycles. The van der Waals surface area contributed by atoms with Crippen LogP contribution >= 0.6 is 12.4 Å². The van der Waals surface area contributed by atoms with Crippen molar-refractivity contribution in [1.29, 1.82) is 0 Å². The van der Waals surface area contributed by atoms with Gasteiger partial charge in [-0.05, 0) is 55.5 Å². The molecule has 1 atom stereocenters. The summed E-state index contributed by atoms with van der Waals surface area (Å²) in [6, 6.07) is 6.56. The Bertz CT molecular complexity index is 385. The minimum absolute atomic E-state index is 0. The predicted molar refractivity (Wildman–Crippen MR) is 80.2 cm³/mol. The van der Waals surface area contributed by atoms with Crippen molar-refractivity contribution in [2.45, 2.75) is 33.7 Å². The van der Waals surface area contributed by atoms with Crippen molar-refractivity contribution in [3.05, 3.63) is 34.9 Å². The molecule has 0 radical (unpaired) electrons. The number of hydrogen-bond acceptors (Lipinski definition) is 2. The van der Waals surface area contributed by atoms with Crippen LogP contribution in [0.5, 0.6) is 0 Å². The Morgan fingerprint density at radius 2 is 1.89 bits per heavy atom. The molecule has 0 bridgehead atoms. The molecular formula is C15H25ClN2. The maximum Gasteiger partial charge on any atom is 0.0239 e. The van der Waals surface area contributed by atoms with Gasteiger partial charge in [0.2, 0.25) is 0 Å². The Kier molecular flexibility index (Phi) is 5.20. The summed E-state index contributed by atoms with van der Waals surface area (Å²) in [4.78, 5) is 2.54. The average Bonchev–Trinajstić information content (AvgIpc) is 2.67. The van der Waals surface area contributed by atoms with Crippen LogP contribution in [0, 0.1) is 19.3 Å². The van der Waals surface area contributed by atoms with E-state index in [4.69, 9.17) is 5.73 Å². The van der Waals surface area contributed by atoms with Gasteiger partial charge in [-0.25, -0.2) is 0 Å². The number of rotatable bonds is 3. The van der Waals surface area contributed by atoms with Crippen LogP contribution < -0.4 is 5.73 Å². The molecule has 1 aliphatic rings. The monoisotopic (exact) mass is 268 g/mol. The average molecular weight is 269 g/mol. The van der Waals surface area contributed by atoms with E-state index in [1.165, 1.54) is 29.7 Å².